The Morgan fingerprint density at radius 3 is 2.66 bits per heavy atom. The molecule has 0 radical (unpaired) electrons. The molecule has 1 aromatic heterocycles. The third-order valence-corrected chi connectivity index (χ3v) is 6.96. The number of nitrogens with zero attached hydrogens (tertiary/aromatic N) is 4. The van der Waals surface area contributed by atoms with Crippen LogP contribution in [-0.4, -0.2) is 77.7 Å². The zero-order chi connectivity index (χ0) is 24.9. The number of fused-ring (bicyclic) bond motifs is 1. The van der Waals surface area contributed by atoms with E-state index >= 15 is 0 Å². The van der Waals surface area contributed by atoms with Crippen LogP contribution >= 0.6 is 0 Å². The Bertz CT molecular complexity index is 1080. The van der Waals surface area contributed by atoms with Gasteiger partial charge in [-0.15, -0.1) is 0 Å². The molecule has 2 atom stereocenters. The van der Waals surface area contributed by atoms with E-state index in [1.165, 1.54) is 12.0 Å². The number of likely N-dealkylation sites (N-methyl/N-ethyl adjacent to an activating group) is 1. The van der Waals surface area contributed by atoms with E-state index in [0.717, 1.165) is 30.4 Å². The molecule has 2 aliphatic rings. The quantitative estimate of drug-likeness (QED) is 0.608. The van der Waals surface area contributed by atoms with E-state index in [4.69, 9.17) is 4.74 Å². The van der Waals surface area contributed by atoms with E-state index in [2.05, 4.69) is 4.98 Å². The molecule has 1 fully saturated rings. The average Bonchev–Trinajstić information content (AvgIpc) is 3.38. The smallest absolute Gasteiger partial charge is 0.413 e. The van der Waals surface area contributed by atoms with Crippen molar-refractivity contribution in [2.75, 3.05) is 38.7 Å². The Kier molecular flexibility index (Phi) is 7.65. The molecule has 35 heavy (non-hydrogen) atoms. The summed E-state index contributed by atoms with van der Waals surface area (Å²) in [5.74, 6) is 0.202. The number of benzene rings is 1. The minimum absolute atomic E-state index is 0.0323. The molecule has 4 rings (SSSR count). The standard InChI is InChI=1S/C26H32N4O5/c1-28(23(25(32)35-2)18-7-4-3-5-8-18)21-14-16-29(17-21)22(31)13-12-20-11-10-19-9-6-15-30(26(33)34)24(19)27-20/h3-5,7-8,10-11,21,23H,6,9,12-17H2,1-2H3,(H,33,34). The Labute approximate surface area is 205 Å². The van der Waals surface area contributed by atoms with Gasteiger partial charge in [-0.3, -0.25) is 14.6 Å². The molecule has 2 unspecified atom stereocenters. The molecule has 1 aromatic carbocycles. The van der Waals surface area contributed by atoms with Crippen molar-refractivity contribution in [1.82, 2.24) is 14.8 Å². The highest BCUT2D eigenvalue weighted by Gasteiger charge is 2.36. The molecule has 2 amide bonds. The predicted octanol–water partition coefficient (Wildman–Crippen LogP) is 2.89. The van der Waals surface area contributed by atoms with Crippen LogP contribution in [0.5, 0.6) is 0 Å². The van der Waals surface area contributed by atoms with Gasteiger partial charge < -0.3 is 14.7 Å². The van der Waals surface area contributed by atoms with Crippen LogP contribution in [0.2, 0.25) is 0 Å². The monoisotopic (exact) mass is 480 g/mol. The van der Waals surface area contributed by atoms with Crippen LogP contribution < -0.4 is 4.90 Å². The van der Waals surface area contributed by atoms with Gasteiger partial charge in [-0.25, -0.2) is 14.6 Å². The van der Waals surface area contributed by atoms with Gasteiger partial charge in [0.2, 0.25) is 5.91 Å². The van der Waals surface area contributed by atoms with Gasteiger partial charge in [0.1, 0.15) is 11.9 Å². The first-order valence-electron chi connectivity index (χ1n) is 12.0. The van der Waals surface area contributed by atoms with E-state index in [0.29, 0.717) is 44.0 Å². The summed E-state index contributed by atoms with van der Waals surface area (Å²) in [5.41, 5.74) is 2.51. The Balaban J connectivity index is 1.37. The molecular formula is C26H32N4O5. The van der Waals surface area contributed by atoms with Crippen LogP contribution in [0.3, 0.4) is 0 Å². The summed E-state index contributed by atoms with van der Waals surface area (Å²) in [5, 5.41) is 9.46. The first kappa shape index (κ1) is 24.7. The number of carbonyl (C=O) groups is 3. The van der Waals surface area contributed by atoms with Crippen molar-refractivity contribution in [2.24, 2.45) is 0 Å². The molecule has 3 heterocycles. The average molecular weight is 481 g/mol. The predicted molar refractivity (Wildman–Crippen MR) is 130 cm³/mol. The summed E-state index contributed by atoms with van der Waals surface area (Å²) >= 11 is 0. The van der Waals surface area contributed by atoms with E-state index in [-0.39, 0.29) is 17.9 Å². The summed E-state index contributed by atoms with van der Waals surface area (Å²) in [6.07, 6.45) is 2.11. The number of hydrogen-bond donors (Lipinski definition) is 1. The summed E-state index contributed by atoms with van der Waals surface area (Å²) in [6, 6.07) is 12.8. The van der Waals surface area contributed by atoms with Gasteiger partial charge in [-0.2, -0.15) is 0 Å². The number of esters is 1. The maximum Gasteiger partial charge on any atom is 0.413 e. The number of carbonyl (C=O) groups excluding carboxylic acids is 2. The summed E-state index contributed by atoms with van der Waals surface area (Å²) in [4.78, 5) is 46.7. The van der Waals surface area contributed by atoms with Gasteiger partial charge in [-0.05, 0) is 49.9 Å². The summed E-state index contributed by atoms with van der Waals surface area (Å²) < 4.78 is 5.06. The number of carboxylic acid groups (broad SMARTS) is 1. The van der Waals surface area contributed by atoms with E-state index in [1.807, 2.05) is 59.3 Å². The number of aryl methyl sites for hydroxylation is 2. The minimum Gasteiger partial charge on any atom is -0.468 e. The molecule has 2 aliphatic heterocycles. The molecular weight excluding hydrogens is 448 g/mol. The van der Waals surface area contributed by atoms with Gasteiger partial charge in [0.15, 0.2) is 0 Å². The number of methoxy groups -OCH3 is 1. The van der Waals surface area contributed by atoms with Gasteiger partial charge in [0.25, 0.3) is 0 Å². The van der Waals surface area contributed by atoms with Crippen LogP contribution in [0.4, 0.5) is 10.6 Å². The van der Waals surface area contributed by atoms with Crippen LogP contribution in [0.25, 0.3) is 0 Å². The lowest BCUT2D eigenvalue weighted by molar-refractivity contribution is -0.147. The minimum atomic E-state index is -1.00. The maximum atomic E-state index is 13.0. The number of ether oxygens (including phenoxy) is 1. The molecule has 0 aliphatic carbocycles. The van der Waals surface area contributed by atoms with Gasteiger partial charge in [0.05, 0.1) is 7.11 Å². The largest absolute Gasteiger partial charge is 0.468 e. The third-order valence-electron chi connectivity index (χ3n) is 6.96. The van der Waals surface area contributed by atoms with Gasteiger partial charge in [-0.1, -0.05) is 36.4 Å². The van der Waals surface area contributed by atoms with Crippen LogP contribution in [0.1, 0.15) is 42.1 Å². The van der Waals surface area contributed by atoms with Crippen molar-refractivity contribution in [1.29, 1.82) is 0 Å². The molecule has 186 valence electrons. The normalized spacial score (nSPS) is 18.3. The molecule has 9 nitrogen and oxygen atoms in total. The second-order valence-corrected chi connectivity index (χ2v) is 9.11. The van der Waals surface area contributed by atoms with Crippen LogP contribution in [-0.2, 0) is 27.2 Å². The lowest BCUT2D eigenvalue weighted by atomic mass is 10.0. The highest BCUT2D eigenvalue weighted by molar-refractivity contribution is 5.86. The number of anilines is 1. The molecule has 2 aromatic rings. The SMILES string of the molecule is COC(=O)C(c1ccccc1)N(C)C1CCN(C(=O)CCc2ccc3c(n2)N(C(=O)O)CCC3)C1. The van der Waals surface area contributed by atoms with Crippen molar-refractivity contribution < 1.29 is 24.2 Å². The van der Waals surface area contributed by atoms with Gasteiger partial charge >= 0.3 is 12.1 Å². The first-order chi connectivity index (χ1) is 16.9. The highest BCUT2D eigenvalue weighted by atomic mass is 16.5. The number of pyridine rings is 1. The Morgan fingerprint density at radius 2 is 1.94 bits per heavy atom. The summed E-state index contributed by atoms with van der Waals surface area (Å²) in [6.45, 7) is 1.61. The Morgan fingerprint density at radius 1 is 1.17 bits per heavy atom. The lowest BCUT2D eigenvalue weighted by Crippen LogP contribution is -2.41. The van der Waals surface area contributed by atoms with E-state index in [1.54, 1.807) is 0 Å². The molecule has 1 saturated heterocycles. The molecule has 0 spiro atoms. The fraction of sp³-hybridized carbons (Fsp3) is 0.462. The first-order valence-corrected chi connectivity index (χ1v) is 12.0. The second kappa shape index (κ2) is 10.9. The van der Waals surface area contributed by atoms with Crippen molar-refractivity contribution in [3.8, 4) is 0 Å². The van der Waals surface area contributed by atoms with E-state index < -0.39 is 12.1 Å². The zero-order valence-electron chi connectivity index (χ0n) is 20.2. The van der Waals surface area contributed by atoms with Crippen LogP contribution in [0, 0.1) is 0 Å². The number of likely N-dealkylation sites (tertiary alicyclic amines) is 1. The molecule has 1 N–H and O–H groups in total. The number of aromatic nitrogens is 1. The fourth-order valence-electron chi connectivity index (χ4n) is 4.99. The topological polar surface area (TPSA) is 103 Å². The lowest BCUT2D eigenvalue weighted by Gasteiger charge is -2.31. The number of rotatable bonds is 7. The molecule has 0 saturated carbocycles. The number of hydrogen-bond acceptors (Lipinski definition) is 6. The van der Waals surface area contributed by atoms with Crippen LogP contribution in [0.15, 0.2) is 42.5 Å². The Hall–Kier alpha value is -3.46. The maximum absolute atomic E-state index is 13.0. The second-order valence-electron chi connectivity index (χ2n) is 9.11. The van der Waals surface area contributed by atoms with Gasteiger partial charge in [0, 0.05) is 37.8 Å². The number of amides is 2. The summed E-state index contributed by atoms with van der Waals surface area (Å²) in [7, 11) is 3.29. The third kappa shape index (κ3) is 5.45. The van der Waals surface area contributed by atoms with Crippen molar-refractivity contribution >= 4 is 23.8 Å². The molecule has 9 heteroatoms. The fourth-order valence-corrected chi connectivity index (χ4v) is 4.99. The highest BCUT2D eigenvalue weighted by Crippen LogP contribution is 2.28. The van der Waals surface area contributed by atoms with E-state index in [9.17, 15) is 19.5 Å². The van der Waals surface area contributed by atoms with Crippen molar-refractivity contribution in [2.45, 2.75) is 44.2 Å². The van der Waals surface area contributed by atoms with Crippen molar-refractivity contribution in [3.63, 3.8) is 0 Å². The zero-order valence-corrected chi connectivity index (χ0v) is 20.2. The van der Waals surface area contributed by atoms with Crippen molar-refractivity contribution in [3.05, 3.63) is 59.3 Å². The molecule has 0 bridgehead atoms.